The van der Waals surface area contributed by atoms with Crippen LogP contribution >= 0.6 is 23.1 Å². The summed E-state index contributed by atoms with van der Waals surface area (Å²) in [6.07, 6.45) is 10.0. The van der Waals surface area contributed by atoms with Crippen molar-refractivity contribution in [2.75, 3.05) is 5.75 Å². The highest BCUT2D eigenvalue weighted by molar-refractivity contribution is 8.00. The first-order valence-electron chi connectivity index (χ1n) is 10.9. The Kier molecular flexibility index (Phi) is 7.55. The first kappa shape index (κ1) is 22.9. The van der Waals surface area contributed by atoms with Crippen LogP contribution in [0.25, 0.3) is 0 Å². The van der Waals surface area contributed by atoms with Crippen molar-refractivity contribution in [2.24, 2.45) is 5.92 Å². The molecule has 5 nitrogen and oxygen atoms in total. The van der Waals surface area contributed by atoms with Crippen LogP contribution in [0.2, 0.25) is 0 Å². The Bertz CT molecular complexity index is 652. The normalized spacial score (nSPS) is 25.3. The molecule has 0 N–H and O–H groups in total. The Labute approximate surface area is 183 Å². The van der Waals surface area contributed by atoms with Crippen molar-refractivity contribution in [1.82, 2.24) is 9.88 Å². The molecule has 164 valence electrons. The van der Waals surface area contributed by atoms with Crippen molar-refractivity contribution >= 4 is 29.2 Å². The van der Waals surface area contributed by atoms with Crippen molar-refractivity contribution in [1.29, 1.82) is 0 Å². The van der Waals surface area contributed by atoms with Gasteiger partial charge in [0.05, 0.1) is 12.1 Å². The van der Waals surface area contributed by atoms with Gasteiger partial charge in [0.2, 0.25) is 0 Å². The number of ether oxygens (including phenoxy) is 2. The van der Waals surface area contributed by atoms with Crippen LogP contribution in [-0.4, -0.2) is 45.2 Å². The number of nitrogens with zero attached hydrogens (tertiary/aromatic N) is 2. The maximum absolute atomic E-state index is 13.1. The SMILES string of the molecule is CC(C)(C)OC(=O)N1[C@@H](CC2CCCCC2)[C@H](CCSc2nccs2)OC1(C)C. The molecule has 1 aliphatic carbocycles. The molecule has 0 aromatic carbocycles. The highest BCUT2D eigenvalue weighted by Crippen LogP contribution is 2.41. The van der Waals surface area contributed by atoms with Crippen molar-refractivity contribution < 1.29 is 14.3 Å². The Morgan fingerprint density at radius 2 is 2.07 bits per heavy atom. The molecule has 2 aliphatic rings. The molecule has 1 saturated carbocycles. The fraction of sp³-hybridized carbons (Fsp3) is 0.818. The minimum atomic E-state index is -0.655. The topological polar surface area (TPSA) is 51.7 Å². The fourth-order valence-electron chi connectivity index (χ4n) is 4.55. The zero-order valence-corrected chi connectivity index (χ0v) is 20.1. The number of rotatable bonds is 6. The van der Waals surface area contributed by atoms with Crippen LogP contribution in [0.15, 0.2) is 15.9 Å². The van der Waals surface area contributed by atoms with E-state index in [1.54, 1.807) is 23.1 Å². The second-order valence-electron chi connectivity index (χ2n) is 9.70. The van der Waals surface area contributed by atoms with Crippen molar-refractivity contribution in [3.05, 3.63) is 11.6 Å². The van der Waals surface area contributed by atoms with Crippen LogP contribution in [-0.2, 0) is 9.47 Å². The van der Waals surface area contributed by atoms with Gasteiger partial charge in [-0.1, -0.05) is 43.9 Å². The van der Waals surface area contributed by atoms with Crippen LogP contribution < -0.4 is 0 Å². The molecule has 1 amide bonds. The van der Waals surface area contributed by atoms with Crippen LogP contribution in [0.1, 0.15) is 79.6 Å². The summed E-state index contributed by atoms with van der Waals surface area (Å²) in [6.45, 7) is 9.77. The summed E-state index contributed by atoms with van der Waals surface area (Å²) in [7, 11) is 0. The third-order valence-electron chi connectivity index (χ3n) is 5.71. The van der Waals surface area contributed by atoms with E-state index in [1.807, 2.05) is 51.1 Å². The lowest BCUT2D eigenvalue weighted by Gasteiger charge is -2.37. The number of aromatic nitrogens is 1. The Morgan fingerprint density at radius 1 is 1.34 bits per heavy atom. The predicted octanol–water partition coefficient (Wildman–Crippen LogP) is 6.34. The van der Waals surface area contributed by atoms with E-state index < -0.39 is 11.3 Å². The molecule has 1 aromatic heterocycles. The van der Waals surface area contributed by atoms with Crippen LogP contribution in [0.5, 0.6) is 0 Å². The van der Waals surface area contributed by atoms with Crippen LogP contribution in [0, 0.1) is 5.92 Å². The van der Waals surface area contributed by atoms with Gasteiger partial charge in [-0.2, -0.15) is 0 Å². The molecule has 3 rings (SSSR count). The fourth-order valence-corrected chi connectivity index (χ4v) is 6.26. The molecule has 0 bridgehead atoms. The first-order valence-corrected chi connectivity index (χ1v) is 12.7. The third kappa shape index (κ3) is 6.34. The molecule has 1 aliphatic heterocycles. The lowest BCUT2D eigenvalue weighted by molar-refractivity contribution is -0.0790. The molecule has 7 heteroatoms. The van der Waals surface area contributed by atoms with Gasteiger partial charge in [-0.25, -0.2) is 9.78 Å². The summed E-state index contributed by atoms with van der Waals surface area (Å²) in [5.74, 6) is 1.61. The van der Waals surface area contributed by atoms with E-state index in [0.717, 1.165) is 22.9 Å². The van der Waals surface area contributed by atoms with Gasteiger partial charge >= 0.3 is 6.09 Å². The van der Waals surface area contributed by atoms with E-state index in [1.165, 1.54) is 32.1 Å². The molecule has 2 atom stereocenters. The first-order chi connectivity index (χ1) is 13.7. The maximum Gasteiger partial charge on any atom is 0.412 e. The van der Waals surface area contributed by atoms with E-state index in [0.29, 0.717) is 5.92 Å². The van der Waals surface area contributed by atoms with Crippen molar-refractivity contribution in [2.45, 2.75) is 107 Å². The molecular weight excluding hydrogens is 404 g/mol. The predicted molar refractivity (Wildman–Crippen MR) is 119 cm³/mol. The average molecular weight is 441 g/mol. The number of carbonyl (C=O) groups is 1. The molecule has 0 unspecified atom stereocenters. The Hall–Kier alpha value is -0.790. The summed E-state index contributed by atoms with van der Waals surface area (Å²) >= 11 is 3.45. The molecule has 2 fully saturated rings. The maximum atomic E-state index is 13.1. The molecule has 2 heterocycles. The molecule has 0 spiro atoms. The van der Waals surface area contributed by atoms with Crippen LogP contribution in [0.4, 0.5) is 4.79 Å². The number of amides is 1. The summed E-state index contributed by atoms with van der Waals surface area (Å²) in [5.41, 5.74) is -1.17. The highest BCUT2D eigenvalue weighted by Gasteiger charge is 2.51. The summed E-state index contributed by atoms with van der Waals surface area (Å²) in [4.78, 5) is 19.4. The van der Waals surface area contributed by atoms with E-state index in [4.69, 9.17) is 9.47 Å². The standard InChI is InChI=1S/C22H36N2O3S2/c1-21(2,3)27-20(25)24-17(15-16-9-7-6-8-10-16)18(26-22(24,4)5)11-13-28-19-23-12-14-29-19/h12,14,16-18H,6-11,13,15H2,1-5H3/t17-,18-/m0/s1. The zero-order valence-electron chi connectivity index (χ0n) is 18.5. The van der Waals surface area contributed by atoms with Gasteiger partial charge in [-0.15, -0.1) is 11.3 Å². The van der Waals surface area contributed by atoms with Crippen molar-refractivity contribution in [3.8, 4) is 0 Å². The summed E-state index contributed by atoms with van der Waals surface area (Å²) in [5, 5.41) is 2.01. The summed E-state index contributed by atoms with van der Waals surface area (Å²) < 4.78 is 13.3. The van der Waals surface area contributed by atoms with Gasteiger partial charge in [0, 0.05) is 17.3 Å². The van der Waals surface area contributed by atoms with Crippen molar-refractivity contribution in [3.63, 3.8) is 0 Å². The lowest BCUT2D eigenvalue weighted by atomic mass is 9.83. The van der Waals surface area contributed by atoms with E-state index in [-0.39, 0.29) is 18.2 Å². The highest BCUT2D eigenvalue weighted by atomic mass is 32.2. The Morgan fingerprint density at radius 3 is 2.69 bits per heavy atom. The number of hydrogen-bond acceptors (Lipinski definition) is 6. The van der Waals surface area contributed by atoms with E-state index in [2.05, 4.69) is 4.98 Å². The third-order valence-corrected chi connectivity index (χ3v) is 7.71. The number of thiazole rings is 1. The van der Waals surface area contributed by atoms with Gasteiger partial charge in [-0.05, 0) is 53.4 Å². The smallest absolute Gasteiger partial charge is 0.412 e. The number of carbonyl (C=O) groups excluding carboxylic acids is 1. The minimum absolute atomic E-state index is 0.0342. The molecular formula is C22H36N2O3S2. The number of hydrogen-bond donors (Lipinski definition) is 0. The molecule has 1 aromatic rings. The summed E-state index contributed by atoms with van der Waals surface area (Å²) in [6, 6.07) is 0.0693. The van der Waals surface area contributed by atoms with E-state index in [9.17, 15) is 4.79 Å². The van der Waals surface area contributed by atoms with Gasteiger partial charge < -0.3 is 9.47 Å². The quantitative estimate of drug-likeness (QED) is 0.483. The Balaban J connectivity index is 1.72. The zero-order chi connectivity index (χ0) is 21.1. The van der Waals surface area contributed by atoms with E-state index >= 15 is 0 Å². The average Bonchev–Trinajstić information content (AvgIpc) is 3.20. The second kappa shape index (κ2) is 9.56. The van der Waals surface area contributed by atoms with Gasteiger partial charge in [0.25, 0.3) is 0 Å². The van der Waals surface area contributed by atoms with Gasteiger partial charge in [0.15, 0.2) is 0 Å². The van der Waals surface area contributed by atoms with Crippen LogP contribution in [0.3, 0.4) is 0 Å². The largest absolute Gasteiger partial charge is 0.444 e. The molecule has 29 heavy (non-hydrogen) atoms. The minimum Gasteiger partial charge on any atom is -0.444 e. The van der Waals surface area contributed by atoms with Gasteiger partial charge in [0.1, 0.15) is 15.7 Å². The second-order valence-corrected chi connectivity index (χ2v) is 11.9. The molecule has 0 radical (unpaired) electrons. The molecule has 1 saturated heterocycles. The number of thioether (sulfide) groups is 1. The lowest BCUT2D eigenvalue weighted by Crippen LogP contribution is -2.50. The van der Waals surface area contributed by atoms with Gasteiger partial charge in [-0.3, -0.25) is 4.90 Å². The monoisotopic (exact) mass is 440 g/mol.